The molecule has 0 aromatic heterocycles. The largest absolute Gasteiger partial charge is 0.393 e. The molecule has 1 aromatic carbocycles. The van der Waals surface area contributed by atoms with Gasteiger partial charge >= 0.3 is 0 Å². The summed E-state index contributed by atoms with van der Waals surface area (Å²) in [5, 5.41) is 9.57. The molecule has 19 heavy (non-hydrogen) atoms. The fraction of sp³-hybridized carbons (Fsp3) is 0.500. The zero-order chi connectivity index (χ0) is 14.2. The summed E-state index contributed by atoms with van der Waals surface area (Å²) in [6, 6.07) is 5.08. The minimum Gasteiger partial charge on any atom is -0.393 e. The van der Waals surface area contributed by atoms with Crippen molar-refractivity contribution in [2.24, 2.45) is 5.92 Å². The summed E-state index contributed by atoms with van der Waals surface area (Å²) in [6.45, 7) is 2.53. The van der Waals surface area contributed by atoms with Crippen LogP contribution in [0.2, 0.25) is 0 Å². The maximum atomic E-state index is 12.6. The van der Waals surface area contributed by atoms with Crippen LogP contribution in [0.15, 0.2) is 32.0 Å². The van der Waals surface area contributed by atoms with Gasteiger partial charge in [0.05, 0.1) is 11.0 Å². The van der Waals surface area contributed by atoms with E-state index in [0.29, 0.717) is 24.0 Å². The number of benzene rings is 1. The average molecular weight is 413 g/mol. The van der Waals surface area contributed by atoms with E-state index < -0.39 is 16.1 Å². The Hall–Kier alpha value is 0.0500. The second-order valence-electron chi connectivity index (χ2n) is 4.73. The molecule has 1 N–H and O–H groups in total. The number of sulfonamides is 1. The molecule has 2 unspecified atom stereocenters. The number of aliphatic hydroxyl groups excluding tert-OH is 1. The third kappa shape index (κ3) is 3.21. The van der Waals surface area contributed by atoms with Gasteiger partial charge in [0, 0.05) is 22.0 Å². The molecular formula is C12H15Br2NO3S. The fourth-order valence-corrected chi connectivity index (χ4v) is 5.15. The highest BCUT2D eigenvalue weighted by Gasteiger charge is 2.35. The van der Waals surface area contributed by atoms with E-state index in [4.69, 9.17) is 0 Å². The first-order valence-corrected chi connectivity index (χ1v) is 8.98. The van der Waals surface area contributed by atoms with Crippen molar-refractivity contribution in [1.29, 1.82) is 0 Å². The summed E-state index contributed by atoms with van der Waals surface area (Å²) in [7, 11) is -3.51. The van der Waals surface area contributed by atoms with Crippen molar-refractivity contribution in [2.45, 2.75) is 24.3 Å². The summed E-state index contributed by atoms with van der Waals surface area (Å²) in [5.41, 5.74) is 0. The minimum atomic E-state index is -3.51. The molecule has 1 saturated heterocycles. The lowest BCUT2D eigenvalue weighted by molar-refractivity contribution is 0.133. The molecule has 0 aliphatic carbocycles. The molecule has 0 spiro atoms. The Balaban J connectivity index is 2.31. The zero-order valence-corrected chi connectivity index (χ0v) is 14.4. The molecule has 1 aliphatic rings. The molecule has 0 saturated carbocycles. The molecule has 0 radical (unpaired) electrons. The molecule has 7 heteroatoms. The first-order valence-electron chi connectivity index (χ1n) is 5.95. The second-order valence-corrected chi connectivity index (χ2v) is 8.40. The lowest BCUT2D eigenvalue weighted by Gasteiger charge is -2.18. The molecule has 106 valence electrons. The van der Waals surface area contributed by atoms with E-state index >= 15 is 0 Å². The van der Waals surface area contributed by atoms with Crippen LogP contribution in [0.4, 0.5) is 0 Å². The van der Waals surface area contributed by atoms with Crippen LogP contribution in [0, 0.1) is 5.92 Å². The summed E-state index contributed by atoms with van der Waals surface area (Å²) >= 11 is 6.57. The number of aliphatic hydroxyl groups is 1. The van der Waals surface area contributed by atoms with E-state index in [1.165, 1.54) is 4.31 Å². The van der Waals surface area contributed by atoms with Gasteiger partial charge in [-0.3, -0.25) is 0 Å². The van der Waals surface area contributed by atoms with Crippen LogP contribution in [0.3, 0.4) is 0 Å². The number of hydrogen-bond acceptors (Lipinski definition) is 3. The predicted molar refractivity (Wildman–Crippen MR) is 80.4 cm³/mol. The van der Waals surface area contributed by atoms with Crippen molar-refractivity contribution in [2.75, 3.05) is 13.1 Å². The summed E-state index contributed by atoms with van der Waals surface area (Å²) in [5.74, 6) is 0.0145. The van der Waals surface area contributed by atoms with E-state index in [1.807, 2.05) is 0 Å². The van der Waals surface area contributed by atoms with E-state index in [0.717, 1.165) is 4.47 Å². The molecule has 1 aromatic rings. The van der Waals surface area contributed by atoms with Crippen LogP contribution < -0.4 is 0 Å². The molecule has 0 bridgehead atoms. The van der Waals surface area contributed by atoms with Gasteiger partial charge in [0.1, 0.15) is 0 Å². The van der Waals surface area contributed by atoms with Gasteiger partial charge in [-0.2, -0.15) is 4.31 Å². The monoisotopic (exact) mass is 411 g/mol. The smallest absolute Gasteiger partial charge is 0.244 e. The second kappa shape index (κ2) is 5.81. The van der Waals surface area contributed by atoms with Crippen LogP contribution in [-0.2, 0) is 10.0 Å². The van der Waals surface area contributed by atoms with Crippen LogP contribution >= 0.6 is 31.9 Å². The van der Waals surface area contributed by atoms with Gasteiger partial charge in [-0.1, -0.05) is 15.9 Å². The molecule has 4 nitrogen and oxygen atoms in total. The van der Waals surface area contributed by atoms with E-state index in [9.17, 15) is 13.5 Å². The van der Waals surface area contributed by atoms with Crippen molar-refractivity contribution in [3.05, 3.63) is 27.1 Å². The lowest BCUT2D eigenvalue weighted by Crippen LogP contribution is -2.30. The average Bonchev–Trinajstić information content (AvgIpc) is 2.82. The van der Waals surface area contributed by atoms with Crippen LogP contribution in [0.5, 0.6) is 0 Å². The van der Waals surface area contributed by atoms with Crippen molar-refractivity contribution < 1.29 is 13.5 Å². The van der Waals surface area contributed by atoms with Gasteiger partial charge in [0.2, 0.25) is 10.0 Å². The Morgan fingerprint density at radius 1 is 1.42 bits per heavy atom. The van der Waals surface area contributed by atoms with Gasteiger partial charge < -0.3 is 5.11 Å². The SMILES string of the molecule is CC(O)C1CCN(S(=O)(=O)c2cc(Br)ccc2Br)C1. The predicted octanol–water partition coefficient (Wildman–Crippen LogP) is 2.60. The highest BCUT2D eigenvalue weighted by atomic mass is 79.9. The molecule has 2 rings (SSSR count). The van der Waals surface area contributed by atoms with Gasteiger partial charge in [-0.15, -0.1) is 0 Å². The summed E-state index contributed by atoms with van der Waals surface area (Å²) < 4.78 is 27.9. The molecule has 1 fully saturated rings. The topological polar surface area (TPSA) is 57.6 Å². The quantitative estimate of drug-likeness (QED) is 0.829. The Labute approximate surface area is 130 Å². The number of hydrogen-bond donors (Lipinski definition) is 1. The van der Waals surface area contributed by atoms with Crippen LogP contribution in [-0.4, -0.2) is 37.0 Å². The Morgan fingerprint density at radius 2 is 2.11 bits per heavy atom. The molecule has 1 aliphatic heterocycles. The number of halogens is 2. The van der Waals surface area contributed by atoms with E-state index in [-0.39, 0.29) is 10.8 Å². The molecule has 1 heterocycles. The van der Waals surface area contributed by atoms with Crippen LogP contribution in [0.1, 0.15) is 13.3 Å². The number of nitrogens with zero attached hydrogens (tertiary/aromatic N) is 1. The third-order valence-corrected chi connectivity index (χ3v) is 6.73. The molecular weight excluding hydrogens is 398 g/mol. The van der Waals surface area contributed by atoms with Gasteiger partial charge in [0.25, 0.3) is 0 Å². The maximum Gasteiger partial charge on any atom is 0.244 e. The van der Waals surface area contributed by atoms with Crippen molar-refractivity contribution in [3.63, 3.8) is 0 Å². The fourth-order valence-electron chi connectivity index (χ4n) is 2.18. The minimum absolute atomic E-state index is 0.0145. The Morgan fingerprint density at radius 3 is 2.68 bits per heavy atom. The Kier molecular flexibility index (Phi) is 4.72. The first kappa shape index (κ1) is 15.4. The van der Waals surface area contributed by atoms with Gasteiger partial charge in [-0.25, -0.2) is 8.42 Å². The normalized spacial score (nSPS) is 22.6. The van der Waals surface area contributed by atoms with Gasteiger partial charge in [0.15, 0.2) is 0 Å². The Bertz CT molecular complexity index is 574. The van der Waals surface area contributed by atoms with Crippen molar-refractivity contribution in [1.82, 2.24) is 4.31 Å². The van der Waals surface area contributed by atoms with Crippen LogP contribution in [0.25, 0.3) is 0 Å². The van der Waals surface area contributed by atoms with E-state index in [2.05, 4.69) is 31.9 Å². The maximum absolute atomic E-state index is 12.6. The first-order chi connectivity index (χ1) is 8.82. The highest BCUT2D eigenvalue weighted by Crippen LogP contribution is 2.31. The van der Waals surface area contributed by atoms with Gasteiger partial charge in [-0.05, 0) is 53.4 Å². The summed E-state index contributed by atoms with van der Waals surface area (Å²) in [4.78, 5) is 0.258. The van der Waals surface area contributed by atoms with Crippen molar-refractivity contribution >= 4 is 41.9 Å². The highest BCUT2D eigenvalue weighted by molar-refractivity contribution is 9.11. The number of rotatable bonds is 3. The lowest BCUT2D eigenvalue weighted by atomic mass is 10.0. The summed E-state index contributed by atoms with van der Waals surface area (Å²) in [6.07, 6.45) is 0.217. The third-order valence-electron chi connectivity index (χ3n) is 3.38. The van der Waals surface area contributed by atoms with Crippen molar-refractivity contribution in [3.8, 4) is 0 Å². The van der Waals surface area contributed by atoms with E-state index in [1.54, 1.807) is 25.1 Å². The molecule has 2 atom stereocenters. The molecule has 0 amide bonds. The standard InChI is InChI=1S/C12H15Br2NO3S/c1-8(16)9-4-5-15(7-9)19(17,18)12-6-10(13)2-3-11(12)14/h2-3,6,8-9,16H,4-5,7H2,1H3. The zero-order valence-electron chi connectivity index (χ0n) is 10.4.